The number of halogens is 1. The number of anilines is 1. The van der Waals surface area contributed by atoms with Crippen LogP contribution in [0.5, 0.6) is 5.75 Å². The molecule has 2 rings (SSSR count). The summed E-state index contributed by atoms with van der Waals surface area (Å²) in [6.07, 6.45) is 0. The lowest BCUT2D eigenvalue weighted by atomic mass is 10.1. The Balaban J connectivity index is 1.95. The number of ether oxygens (including phenoxy) is 2. The fourth-order valence-corrected chi connectivity index (χ4v) is 2.32. The first-order chi connectivity index (χ1) is 12.4. The van der Waals surface area contributed by atoms with E-state index in [2.05, 4.69) is 5.32 Å². The Labute approximate surface area is 156 Å². The number of benzene rings is 2. The van der Waals surface area contributed by atoms with Gasteiger partial charge in [0.05, 0.1) is 17.7 Å². The van der Waals surface area contributed by atoms with Crippen molar-refractivity contribution >= 4 is 34.9 Å². The van der Waals surface area contributed by atoms with E-state index < -0.39 is 11.9 Å². The Morgan fingerprint density at radius 1 is 1.08 bits per heavy atom. The summed E-state index contributed by atoms with van der Waals surface area (Å²) in [6.45, 7) is 3.14. The third kappa shape index (κ3) is 5.32. The fraction of sp³-hybridized carbons (Fsp3) is 0.211. The molecule has 136 valence electrons. The molecule has 0 bridgehead atoms. The van der Waals surface area contributed by atoms with Crippen molar-refractivity contribution in [2.24, 2.45) is 0 Å². The van der Waals surface area contributed by atoms with Crippen molar-refractivity contribution in [3.8, 4) is 5.75 Å². The largest absolute Gasteiger partial charge is 0.483 e. The van der Waals surface area contributed by atoms with Gasteiger partial charge in [-0.15, -0.1) is 0 Å². The number of amides is 1. The van der Waals surface area contributed by atoms with Crippen LogP contribution >= 0.6 is 11.6 Å². The Bertz CT molecular complexity index is 817. The lowest BCUT2D eigenvalue weighted by molar-refractivity contribution is -0.118. The minimum absolute atomic E-state index is 0.211. The smallest absolute Gasteiger partial charge is 0.338 e. The summed E-state index contributed by atoms with van der Waals surface area (Å²) >= 11 is 5.87. The number of rotatable bonds is 7. The SMILES string of the molecule is CCOC(=O)c1ccc(NC(=O)COc2ccc(Cl)cc2C(C)=O)cc1. The van der Waals surface area contributed by atoms with Crippen LogP contribution in [0.15, 0.2) is 42.5 Å². The first-order valence-corrected chi connectivity index (χ1v) is 8.28. The predicted molar refractivity (Wildman–Crippen MR) is 98.0 cm³/mol. The van der Waals surface area contributed by atoms with E-state index in [1.807, 2.05) is 0 Å². The highest BCUT2D eigenvalue weighted by molar-refractivity contribution is 6.31. The van der Waals surface area contributed by atoms with Gasteiger partial charge in [0, 0.05) is 10.7 Å². The summed E-state index contributed by atoms with van der Waals surface area (Å²) in [5.74, 6) is -0.751. The number of hydrogen-bond donors (Lipinski definition) is 1. The van der Waals surface area contributed by atoms with Gasteiger partial charge in [0.25, 0.3) is 5.91 Å². The molecule has 1 N–H and O–H groups in total. The maximum atomic E-state index is 12.0. The summed E-state index contributed by atoms with van der Waals surface area (Å²) in [6, 6.07) is 10.9. The number of nitrogens with one attached hydrogen (secondary N) is 1. The molecule has 0 saturated heterocycles. The first-order valence-electron chi connectivity index (χ1n) is 7.91. The number of carbonyl (C=O) groups excluding carboxylic acids is 3. The van der Waals surface area contributed by atoms with Crippen LogP contribution in [-0.2, 0) is 9.53 Å². The molecule has 2 aromatic carbocycles. The van der Waals surface area contributed by atoms with Crippen LogP contribution in [0, 0.1) is 0 Å². The molecule has 0 saturated carbocycles. The molecule has 0 fully saturated rings. The summed E-state index contributed by atoms with van der Waals surface area (Å²) in [7, 11) is 0. The van der Waals surface area contributed by atoms with E-state index in [0.29, 0.717) is 28.4 Å². The molecule has 0 radical (unpaired) electrons. The molecule has 0 aliphatic carbocycles. The molecule has 0 heterocycles. The van der Waals surface area contributed by atoms with Gasteiger partial charge < -0.3 is 14.8 Å². The number of hydrogen-bond acceptors (Lipinski definition) is 5. The average molecular weight is 376 g/mol. The second-order valence-electron chi connectivity index (χ2n) is 5.33. The third-order valence-corrected chi connectivity index (χ3v) is 3.59. The Morgan fingerprint density at radius 2 is 1.77 bits per heavy atom. The molecule has 2 aromatic rings. The molecule has 0 aliphatic rings. The van der Waals surface area contributed by atoms with Crippen LogP contribution in [0.25, 0.3) is 0 Å². The van der Waals surface area contributed by atoms with Gasteiger partial charge in [0.2, 0.25) is 0 Å². The Hall–Kier alpha value is -2.86. The van der Waals surface area contributed by atoms with E-state index in [4.69, 9.17) is 21.1 Å². The van der Waals surface area contributed by atoms with Gasteiger partial charge in [0.1, 0.15) is 5.75 Å². The van der Waals surface area contributed by atoms with Crippen molar-refractivity contribution in [1.29, 1.82) is 0 Å². The van der Waals surface area contributed by atoms with Crippen molar-refractivity contribution in [3.05, 3.63) is 58.6 Å². The molecule has 0 unspecified atom stereocenters. The second-order valence-corrected chi connectivity index (χ2v) is 5.77. The normalized spacial score (nSPS) is 10.1. The van der Waals surface area contributed by atoms with Gasteiger partial charge >= 0.3 is 5.97 Å². The lowest BCUT2D eigenvalue weighted by Gasteiger charge is -2.11. The van der Waals surface area contributed by atoms with Crippen molar-refractivity contribution < 1.29 is 23.9 Å². The van der Waals surface area contributed by atoms with Crippen LogP contribution in [0.2, 0.25) is 5.02 Å². The second kappa shape index (κ2) is 9.01. The minimum Gasteiger partial charge on any atom is -0.483 e. The van der Waals surface area contributed by atoms with Crippen molar-refractivity contribution in [1.82, 2.24) is 0 Å². The summed E-state index contributed by atoms with van der Waals surface area (Å²) < 4.78 is 10.3. The predicted octanol–water partition coefficient (Wildman–Crippen LogP) is 3.74. The zero-order valence-electron chi connectivity index (χ0n) is 14.4. The molecular formula is C19H18ClNO5. The first kappa shape index (κ1) is 19.5. The maximum Gasteiger partial charge on any atom is 0.338 e. The number of carbonyl (C=O) groups is 3. The highest BCUT2D eigenvalue weighted by atomic mass is 35.5. The van der Waals surface area contributed by atoms with E-state index >= 15 is 0 Å². The van der Waals surface area contributed by atoms with Crippen molar-refractivity contribution in [3.63, 3.8) is 0 Å². The lowest BCUT2D eigenvalue weighted by Crippen LogP contribution is -2.20. The molecule has 1 amide bonds. The van der Waals surface area contributed by atoms with Gasteiger partial charge in [0.15, 0.2) is 12.4 Å². The molecule has 6 nitrogen and oxygen atoms in total. The highest BCUT2D eigenvalue weighted by Crippen LogP contribution is 2.23. The minimum atomic E-state index is -0.423. The molecule has 0 aromatic heterocycles. The molecule has 0 spiro atoms. The van der Waals surface area contributed by atoms with Crippen LogP contribution < -0.4 is 10.1 Å². The van der Waals surface area contributed by atoms with Gasteiger partial charge in [-0.2, -0.15) is 0 Å². The zero-order chi connectivity index (χ0) is 19.1. The molecule has 0 aliphatic heterocycles. The van der Waals surface area contributed by atoms with E-state index in [9.17, 15) is 14.4 Å². The molecule has 0 atom stereocenters. The highest BCUT2D eigenvalue weighted by Gasteiger charge is 2.12. The summed E-state index contributed by atoms with van der Waals surface area (Å²) in [5, 5.41) is 3.05. The standard InChI is InChI=1S/C19H18ClNO5/c1-3-25-19(24)13-4-7-15(8-5-13)21-18(23)11-26-17-9-6-14(20)10-16(17)12(2)22/h4-10H,3,11H2,1-2H3,(H,21,23). The van der Waals surface area contributed by atoms with Crippen molar-refractivity contribution in [2.75, 3.05) is 18.5 Å². The van der Waals surface area contributed by atoms with Crippen LogP contribution in [0.4, 0.5) is 5.69 Å². The quantitative estimate of drug-likeness (QED) is 0.589. The van der Waals surface area contributed by atoms with Crippen LogP contribution in [0.3, 0.4) is 0 Å². The van der Waals surface area contributed by atoms with Crippen LogP contribution in [0.1, 0.15) is 34.6 Å². The Morgan fingerprint density at radius 3 is 2.38 bits per heavy atom. The Kier molecular flexibility index (Phi) is 6.74. The molecular weight excluding hydrogens is 358 g/mol. The van der Waals surface area contributed by atoms with Gasteiger partial charge in [-0.3, -0.25) is 9.59 Å². The summed E-state index contributed by atoms with van der Waals surface area (Å²) in [5.41, 5.74) is 1.21. The topological polar surface area (TPSA) is 81.7 Å². The van der Waals surface area contributed by atoms with Crippen LogP contribution in [-0.4, -0.2) is 30.9 Å². The van der Waals surface area contributed by atoms with E-state index in [0.717, 1.165) is 0 Å². The van der Waals surface area contributed by atoms with Gasteiger partial charge in [-0.25, -0.2) is 4.79 Å². The number of esters is 1. The van der Waals surface area contributed by atoms with Gasteiger partial charge in [-0.05, 0) is 56.3 Å². The third-order valence-electron chi connectivity index (χ3n) is 3.36. The van der Waals surface area contributed by atoms with Crippen molar-refractivity contribution in [2.45, 2.75) is 13.8 Å². The maximum absolute atomic E-state index is 12.0. The van der Waals surface area contributed by atoms with E-state index in [1.54, 1.807) is 43.3 Å². The monoisotopic (exact) mass is 375 g/mol. The van der Waals surface area contributed by atoms with Gasteiger partial charge in [-0.1, -0.05) is 11.6 Å². The molecule has 26 heavy (non-hydrogen) atoms. The fourth-order valence-electron chi connectivity index (χ4n) is 2.15. The molecule has 7 heteroatoms. The zero-order valence-corrected chi connectivity index (χ0v) is 15.1. The van der Waals surface area contributed by atoms with E-state index in [-0.39, 0.29) is 18.1 Å². The number of Topliss-reactive ketones (excluding diaryl/α,β-unsaturated/α-hetero) is 1. The van der Waals surface area contributed by atoms with E-state index in [1.165, 1.54) is 13.0 Å². The average Bonchev–Trinajstić information content (AvgIpc) is 2.61. The number of ketones is 1. The summed E-state index contributed by atoms with van der Waals surface area (Å²) in [4.78, 5) is 35.2.